The van der Waals surface area contributed by atoms with Gasteiger partial charge in [-0.25, -0.2) is 0 Å². The predicted octanol–water partition coefficient (Wildman–Crippen LogP) is 0.468. The van der Waals surface area contributed by atoms with Crippen LogP contribution in [0.2, 0.25) is 6.82 Å². The number of rotatable bonds is 1. The van der Waals surface area contributed by atoms with E-state index in [0.717, 1.165) is 0 Å². The Balaban J connectivity index is 0. The van der Waals surface area contributed by atoms with Crippen molar-refractivity contribution < 1.29 is 0 Å². The molecule has 0 aromatic heterocycles. The molecule has 0 amide bonds. The minimum Gasteiger partial charge on any atom is -0.101 e. The van der Waals surface area contributed by atoms with Crippen molar-refractivity contribution in [1.29, 1.82) is 0 Å². The molecule has 0 rings (SSSR count). The summed E-state index contributed by atoms with van der Waals surface area (Å²) in [6.07, 6.45) is 0. The average molecular weight is 77.5 g/mol. The van der Waals surface area contributed by atoms with Gasteiger partial charge in [0, 0.05) is 14.8 Å². The van der Waals surface area contributed by atoms with Crippen molar-refractivity contribution in [3.8, 4) is 0 Å². The van der Waals surface area contributed by atoms with Gasteiger partial charge in [-0.15, -0.1) is 6.82 Å². The van der Waals surface area contributed by atoms with E-state index in [4.69, 9.17) is 7.74 Å². The minimum absolute atomic E-state index is 1.50. The molecule has 0 fully saturated rings. The Hall–Kier alpha value is 0.195. The summed E-state index contributed by atoms with van der Waals surface area (Å²) in [5, 5.41) is 0. The largest absolute Gasteiger partial charge is 0.101 e. The quantitative estimate of drug-likeness (QED) is 0.399. The fourth-order valence-corrected chi connectivity index (χ4v) is 0. The fraction of sp³-hybridized carbons (Fsp3) is 1.00. The molecule has 0 aliphatic carbocycles. The molecular weight excluding hydrogens is 68.5 g/mol. The predicted molar refractivity (Wildman–Crippen MR) is 34.5 cm³/mol. The van der Waals surface area contributed by atoms with Gasteiger partial charge in [-0.3, -0.25) is 0 Å². The summed E-state index contributed by atoms with van der Waals surface area (Å²) in [6, 6.07) is 0. The van der Waals surface area contributed by atoms with Crippen molar-refractivity contribution in [2.24, 2.45) is 0 Å². The zero-order chi connectivity index (χ0) is 5.41. The first kappa shape index (κ1) is 9.50. The molecule has 4 radical (unpaired) electrons. The van der Waals surface area contributed by atoms with Crippen LogP contribution in [0.5, 0.6) is 0 Å². The molecule has 0 aromatic carbocycles. The highest BCUT2D eigenvalue weighted by molar-refractivity contribution is 7.23. The third-order valence-corrected chi connectivity index (χ3v) is 0.192. The molecule has 0 aliphatic rings. The van der Waals surface area contributed by atoms with Crippen LogP contribution in [0.1, 0.15) is 13.8 Å². The molecule has 0 unspecified atom stereocenters. The Labute approximate surface area is 43.6 Å². The lowest BCUT2D eigenvalue weighted by Gasteiger charge is -1.61. The molecular formula is C3H9B3. The van der Waals surface area contributed by atoms with Gasteiger partial charge in [0.1, 0.15) is 0 Å². The molecule has 6 heavy (non-hydrogen) atoms. The van der Waals surface area contributed by atoms with Crippen LogP contribution in [0.4, 0.5) is 0 Å². The van der Waals surface area contributed by atoms with Crippen LogP contribution in [0, 0.1) is 0 Å². The van der Waals surface area contributed by atoms with Gasteiger partial charge >= 0.3 is 0 Å². The lowest BCUT2D eigenvalue weighted by atomic mass is 9.29. The zero-order valence-electron chi connectivity index (χ0n) is 4.73. The Bertz CT molecular complexity index is 8.00. The Morgan fingerprint density at radius 1 is 1.33 bits per heavy atom. The molecule has 0 bridgehead atoms. The SMILES string of the molecule is CC.[B][B][B]C. The standard InChI is InChI=1S/C2H6.CH3B3/c1-2;1-3-4-2/h1-2H3;1H3. The van der Waals surface area contributed by atoms with Gasteiger partial charge < -0.3 is 0 Å². The van der Waals surface area contributed by atoms with E-state index in [1.807, 2.05) is 20.7 Å². The van der Waals surface area contributed by atoms with Crippen molar-refractivity contribution >= 4 is 22.0 Å². The molecule has 0 N–H and O–H groups in total. The molecule has 0 nitrogen and oxygen atoms in total. The van der Waals surface area contributed by atoms with E-state index in [1.165, 1.54) is 7.06 Å². The van der Waals surface area contributed by atoms with Gasteiger partial charge in [-0.2, -0.15) is 0 Å². The first-order valence-corrected chi connectivity index (χ1v) is 2.24. The zero-order valence-corrected chi connectivity index (χ0v) is 4.73. The average Bonchev–Trinajstić information content (AvgIpc) is 1.72. The first-order valence-electron chi connectivity index (χ1n) is 2.24. The molecule has 0 saturated carbocycles. The van der Waals surface area contributed by atoms with Crippen LogP contribution in [0.25, 0.3) is 0 Å². The Morgan fingerprint density at radius 2 is 1.50 bits per heavy atom. The van der Waals surface area contributed by atoms with Crippen LogP contribution >= 0.6 is 0 Å². The van der Waals surface area contributed by atoms with Gasteiger partial charge in [0.2, 0.25) is 0 Å². The maximum Gasteiger partial charge on any atom is 0.0502 e. The van der Waals surface area contributed by atoms with Crippen molar-refractivity contribution in [2.45, 2.75) is 20.7 Å². The second-order valence-corrected chi connectivity index (χ2v) is 0.526. The van der Waals surface area contributed by atoms with E-state index >= 15 is 0 Å². The normalized spacial score (nSPS) is 4.50. The van der Waals surface area contributed by atoms with E-state index in [0.29, 0.717) is 0 Å². The smallest absolute Gasteiger partial charge is 0.0502 e. The Morgan fingerprint density at radius 3 is 1.50 bits per heavy atom. The minimum atomic E-state index is 1.50. The van der Waals surface area contributed by atoms with Crippen molar-refractivity contribution in [3.05, 3.63) is 0 Å². The van der Waals surface area contributed by atoms with Crippen molar-refractivity contribution in [2.75, 3.05) is 0 Å². The van der Waals surface area contributed by atoms with Crippen LogP contribution in [0.3, 0.4) is 0 Å². The van der Waals surface area contributed by atoms with Crippen LogP contribution in [-0.2, 0) is 0 Å². The van der Waals surface area contributed by atoms with E-state index < -0.39 is 0 Å². The lowest BCUT2D eigenvalue weighted by molar-refractivity contribution is 1.50. The number of hydrogen-bond donors (Lipinski definition) is 0. The van der Waals surface area contributed by atoms with Crippen LogP contribution in [0.15, 0.2) is 0 Å². The molecule has 30 valence electrons. The first-order chi connectivity index (χ1) is 2.91. The summed E-state index contributed by atoms with van der Waals surface area (Å²) in [5.41, 5.74) is 0. The molecule has 0 aliphatic heterocycles. The maximum atomic E-state index is 4.85. The van der Waals surface area contributed by atoms with Crippen LogP contribution < -0.4 is 0 Å². The fourth-order valence-electron chi connectivity index (χ4n) is 0. The summed E-state index contributed by atoms with van der Waals surface area (Å²) in [5.74, 6) is 0. The second kappa shape index (κ2) is 19.0. The molecule has 0 aromatic rings. The molecule has 0 atom stereocenters. The van der Waals surface area contributed by atoms with Gasteiger partial charge in [-0.1, -0.05) is 13.8 Å². The van der Waals surface area contributed by atoms with E-state index in [1.54, 1.807) is 7.17 Å². The summed E-state index contributed by atoms with van der Waals surface area (Å²) in [4.78, 5) is 0. The molecule has 3 heteroatoms. The van der Waals surface area contributed by atoms with Crippen molar-refractivity contribution in [3.63, 3.8) is 0 Å². The van der Waals surface area contributed by atoms with Gasteiger partial charge in [0.05, 0.1) is 7.17 Å². The van der Waals surface area contributed by atoms with E-state index in [2.05, 4.69) is 0 Å². The monoisotopic (exact) mass is 78.1 g/mol. The van der Waals surface area contributed by atoms with Gasteiger partial charge in [0.25, 0.3) is 0 Å². The topological polar surface area (TPSA) is 0 Å². The maximum absolute atomic E-state index is 4.85. The number of hydrogen-bond acceptors (Lipinski definition) is 0. The summed E-state index contributed by atoms with van der Waals surface area (Å²) < 4.78 is 0. The Kier molecular flexibility index (Phi) is 30.0. The highest BCUT2D eigenvalue weighted by atomic mass is 13.0. The molecule has 0 heterocycles. The summed E-state index contributed by atoms with van der Waals surface area (Å²) in [6.45, 7) is 5.88. The third kappa shape index (κ3) is 30.0. The molecule has 0 saturated heterocycles. The summed E-state index contributed by atoms with van der Waals surface area (Å²) in [7, 11) is 8.12. The van der Waals surface area contributed by atoms with E-state index in [9.17, 15) is 0 Å². The van der Waals surface area contributed by atoms with Gasteiger partial charge in [-0.05, 0) is 0 Å². The highest BCUT2D eigenvalue weighted by Gasteiger charge is 1.63. The lowest BCUT2D eigenvalue weighted by Crippen LogP contribution is -1.94. The highest BCUT2D eigenvalue weighted by Crippen LogP contribution is 1.36. The molecule has 0 spiro atoms. The van der Waals surface area contributed by atoms with Gasteiger partial charge in [0.15, 0.2) is 0 Å². The summed E-state index contributed by atoms with van der Waals surface area (Å²) >= 11 is 0. The second-order valence-electron chi connectivity index (χ2n) is 0.526. The third-order valence-electron chi connectivity index (χ3n) is 0.192. The van der Waals surface area contributed by atoms with Crippen molar-refractivity contribution in [1.82, 2.24) is 0 Å². The van der Waals surface area contributed by atoms with E-state index in [-0.39, 0.29) is 0 Å². The van der Waals surface area contributed by atoms with Crippen LogP contribution in [-0.4, -0.2) is 22.0 Å².